The largest absolute Gasteiger partial charge is 0.387 e. The average Bonchev–Trinajstić information content (AvgIpc) is 3.20. The first-order chi connectivity index (χ1) is 15.5. The molecule has 6 nitrogen and oxygen atoms in total. The highest BCUT2D eigenvalue weighted by Crippen LogP contribution is 2.35. The van der Waals surface area contributed by atoms with Gasteiger partial charge in [-0.2, -0.15) is 0 Å². The summed E-state index contributed by atoms with van der Waals surface area (Å²) in [5, 5.41) is 20.0. The van der Waals surface area contributed by atoms with Gasteiger partial charge in [0.1, 0.15) is 16.7 Å². The second-order valence-corrected chi connectivity index (χ2v) is 9.03. The molecule has 32 heavy (non-hydrogen) atoms. The molecule has 2 aromatic heterocycles. The van der Waals surface area contributed by atoms with E-state index in [1.165, 1.54) is 0 Å². The van der Waals surface area contributed by atoms with Crippen molar-refractivity contribution in [3.8, 4) is 0 Å². The van der Waals surface area contributed by atoms with Crippen molar-refractivity contribution >= 4 is 33.4 Å². The number of fused-ring (bicyclic) bond motifs is 3. The van der Waals surface area contributed by atoms with Gasteiger partial charge in [-0.05, 0) is 50.3 Å². The Morgan fingerprint density at radius 2 is 2.00 bits per heavy atom. The Morgan fingerprint density at radius 1 is 1.19 bits per heavy atom. The molecule has 3 atom stereocenters. The summed E-state index contributed by atoms with van der Waals surface area (Å²) in [4.78, 5) is 13.6. The highest BCUT2D eigenvalue weighted by atomic mass is 35.5. The lowest BCUT2D eigenvalue weighted by atomic mass is 9.90. The third-order valence-corrected chi connectivity index (χ3v) is 6.89. The van der Waals surface area contributed by atoms with E-state index in [4.69, 9.17) is 16.1 Å². The molecule has 0 aliphatic heterocycles. The van der Waals surface area contributed by atoms with Crippen LogP contribution in [0.3, 0.4) is 0 Å². The number of aromatic nitrogens is 2. The first kappa shape index (κ1) is 21.2. The van der Waals surface area contributed by atoms with Gasteiger partial charge in [0, 0.05) is 24.0 Å². The Bertz CT molecular complexity index is 1320. The van der Waals surface area contributed by atoms with Gasteiger partial charge in [-0.3, -0.25) is 4.79 Å². The number of aliphatic hydroxyl groups is 1. The lowest BCUT2D eigenvalue weighted by Gasteiger charge is -2.32. The van der Waals surface area contributed by atoms with Gasteiger partial charge in [0.2, 0.25) is 0 Å². The van der Waals surface area contributed by atoms with Crippen molar-refractivity contribution in [3.63, 3.8) is 0 Å². The predicted octanol–water partition coefficient (Wildman–Crippen LogP) is 4.91. The quantitative estimate of drug-likeness (QED) is 0.450. The van der Waals surface area contributed by atoms with Crippen molar-refractivity contribution in [1.29, 1.82) is 0 Å². The minimum atomic E-state index is -0.560. The van der Waals surface area contributed by atoms with Gasteiger partial charge in [0.15, 0.2) is 0 Å². The van der Waals surface area contributed by atoms with E-state index in [9.17, 15) is 9.90 Å². The van der Waals surface area contributed by atoms with E-state index in [0.717, 1.165) is 42.1 Å². The summed E-state index contributed by atoms with van der Waals surface area (Å²) in [5.41, 5.74) is 2.14. The molecule has 0 amide bonds. The fourth-order valence-electron chi connectivity index (χ4n) is 4.99. The zero-order valence-corrected chi connectivity index (χ0v) is 18.7. The van der Waals surface area contributed by atoms with Gasteiger partial charge in [-0.15, -0.1) is 0 Å². The van der Waals surface area contributed by atoms with Gasteiger partial charge in [-0.25, -0.2) is 0 Å². The molecule has 1 aliphatic rings. The first-order valence-corrected chi connectivity index (χ1v) is 11.5. The molecule has 0 bridgehead atoms. The van der Waals surface area contributed by atoms with Crippen LogP contribution >= 0.6 is 11.6 Å². The number of nitrogens with one attached hydrogen (secondary N) is 1. The second kappa shape index (κ2) is 8.70. The molecule has 2 N–H and O–H groups in total. The van der Waals surface area contributed by atoms with Crippen LogP contribution in [0, 0.1) is 6.92 Å². The van der Waals surface area contributed by atoms with Crippen LogP contribution in [0.15, 0.2) is 57.8 Å². The Hall–Kier alpha value is -2.67. The number of hydrogen-bond acceptors (Lipinski definition) is 5. The number of nitrogens with zero attached hydrogens (tertiary/aromatic N) is 2. The minimum absolute atomic E-state index is 0.0299. The number of aryl methyl sites for hydroxylation is 1. The second-order valence-electron chi connectivity index (χ2n) is 8.62. The van der Waals surface area contributed by atoms with Gasteiger partial charge in [0.25, 0.3) is 5.56 Å². The van der Waals surface area contributed by atoms with Crippen molar-refractivity contribution in [2.75, 3.05) is 6.54 Å². The molecule has 7 heteroatoms. The molecular formula is C25H26ClN3O3. The van der Waals surface area contributed by atoms with Crippen LogP contribution in [0.1, 0.15) is 49.2 Å². The van der Waals surface area contributed by atoms with E-state index in [-0.39, 0.29) is 17.6 Å². The molecule has 1 aliphatic carbocycles. The Morgan fingerprint density at radius 3 is 2.81 bits per heavy atom. The highest BCUT2D eigenvalue weighted by Gasteiger charge is 2.28. The SMILES string of the molecule is Cc1onc2c1c(=O)n(C1CCCC(NCC(O)c3ccccc3)C1)c1cccc(Cl)c21. The molecule has 1 saturated carbocycles. The predicted molar refractivity (Wildman–Crippen MR) is 126 cm³/mol. The normalized spacial score (nSPS) is 20.1. The molecule has 0 radical (unpaired) electrons. The number of pyridine rings is 1. The lowest BCUT2D eigenvalue weighted by molar-refractivity contribution is 0.161. The van der Waals surface area contributed by atoms with E-state index in [1.807, 2.05) is 53.1 Å². The summed E-state index contributed by atoms with van der Waals surface area (Å²) in [5.74, 6) is 0.511. The zero-order chi connectivity index (χ0) is 22.2. The summed E-state index contributed by atoms with van der Waals surface area (Å²) < 4.78 is 7.25. The summed E-state index contributed by atoms with van der Waals surface area (Å²) in [6.07, 6.45) is 3.17. The molecule has 2 aromatic carbocycles. The molecule has 166 valence electrons. The average molecular weight is 452 g/mol. The van der Waals surface area contributed by atoms with Crippen LogP contribution in [-0.2, 0) is 0 Å². The minimum Gasteiger partial charge on any atom is -0.387 e. The van der Waals surface area contributed by atoms with Crippen LogP contribution in [-0.4, -0.2) is 27.4 Å². The van der Waals surface area contributed by atoms with Crippen molar-refractivity contribution < 1.29 is 9.63 Å². The van der Waals surface area contributed by atoms with Gasteiger partial charge in [0.05, 0.1) is 16.6 Å². The van der Waals surface area contributed by atoms with Crippen molar-refractivity contribution in [2.24, 2.45) is 0 Å². The number of halogens is 1. The topological polar surface area (TPSA) is 80.3 Å². The van der Waals surface area contributed by atoms with Gasteiger partial charge in [-0.1, -0.05) is 53.2 Å². The lowest BCUT2D eigenvalue weighted by Crippen LogP contribution is -2.39. The van der Waals surface area contributed by atoms with E-state index >= 15 is 0 Å². The van der Waals surface area contributed by atoms with Crippen LogP contribution in [0.5, 0.6) is 0 Å². The molecule has 1 fully saturated rings. The fraction of sp³-hybridized carbons (Fsp3) is 0.360. The third kappa shape index (κ3) is 3.72. The van der Waals surface area contributed by atoms with E-state index in [2.05, 4.69) is 10.5 Å². The maximum absolute atomic E-state index is 13.6. The number of aliphatic hydroxyl groups excluding tert-OH is 1. The fourth-order valence-corrected chi connectivity index (χ4v) is 5.25. The van der Waals surface area contributed by atoms with Crippen molar-refractivity contribution in [3.05, 3.63) is 75.2 Å². The molecule has 0 spiro atoms. The van der Waals surface area contributed by atoms with Crippen LogP contribution in [0.2, 0.25) is 5.02 Å². The van der Waals surface area contributed by atoms with Crippen molar-refractivity contribution in [2.45, 2.75) is 50.8 Å². The van der Waals surface area contributed by atoms with Crippen molar-refractivity contribution in [1.82, 2.24) is 15.0 Å². The maximum Gasteiger partial charge on any atom is 0.264 e. The first-order valence-electron chi connectivity index (χ1n) is 11.1. The van der Waals surface area contributed by atoms with E-state index in [0.29, 0.717) is 28.2 Å². The molecular weight excluding hydrogens is 426 g/mol. The van der Waals surface area contributed by atoms with E-state index in [1.54, 1.807) is 6.92 Å². The number of rotatable bonds is 5. The highest BCUT2D eigenvalue weighted by molar-refractivity contribution is 6.37. The molecule has 2 heterocycles. The van der Waals surface area contributed by atoms with Crippen LogP contribution in [0.25, 0.3) is 21.8 Å². The molecule has 0 saturated heterocycles. The molecule has 4 aromatic rings. The summed E-state index contributed by atoms with van der Waals surface area (Å²) in [6.45, 7) is 2.24. The summed E-state index contributed by atoms with van der Waals surface area (Å²) >= 11 is 6.54. The van der Waals surface area contributed by atoms with Gasteiger partial charge >= 0.3 is 0 Å². The zero-order valence-electron chi connectivity index (χ0n) is 17.9. The molecule has 5 rings (SSSR count). The van der Waals surface area contributed by atoms with Crippen LogP contribution in [0.4, 0.5) is 0 Å². The maximum atomic E-state index is 13.6. The van der Waals surface area contributed by atoms with Crippen LogP contribution < -0.4 is 10.9 Å². The number of hydrogen-bond donors (Lipinski definition) is 2. The van der Waals surface area contributed by atoms with E-state index < -0.39 is 6.10 Å². The Kier molecular flexibility index (Phi) is 5.76. The smallest absolute Gasteiger partial charge is 0.264 e. The summed E-state index contributed by atoms with van der Waals surface area (Å²) in [6, 6.07) is 15.5. The standard InChI is InChI=1S/C25H26ClN3O3/c1-15-22-24(28-32-15)23-19(26)11-6-12-20(23)29(25(22)31)18-10-5-9-17(13-18)27-14-21(30)16-7-3-2-4-8-16/h2-4,6-8,11-12,17-18,21,27,30H,5,9-10,13-14H2,1H3. The third-order valence-electron chi connectivity index (χ3n) is 6.58. The molecule has 3 unspecified atom stereocenters. The number of benzene rings is 2. The summed E-state index contributed by atoms with van der Waals surface area (Å²) in [7, 11) is 0. The monoisotopic (exact) mass is 451 g/mol. The Labute approximate surface area is 190 Å². The van der Waals surface area contributed by atoms with Gasteiger partial charge < -0.3 is 19.5 Å². The Balaban J connectivity index is 1.46.